The number of aromatic nitrogens is 3. The van der Waals surface area contributed by atoms with Gasteiger partial charge in [0.15, 0.2) is 5.16 Å². The Morgan fingerprint density at radius 1 is 1.14 bits per heavy atom. The van der Waals surface area contributed by atoms with E-state index >= 15 is 0 Å². The molecule has 148 valence electrons. The molecule has 3 rings (SSSR count). The van der Waals surface area contributed by atoms with Crippen LogP contribution in [0.3, 0.4) is 0 Å². The number of nitrogens with one attached hydrogen (secondary N) is 1. The Morgan fingerprint density at radius 3 is 2.39 bits per heavy atom. The van der Waals surface area contributed by atoms with E-state index in [1.54, 1.807) is 30.1 Å². The van der Waals surface area contributed by atoms with Crippen LogP contribution in [0.2, 0.25) is 5.02 Å². The maximum absolute atomic E-state index is 13.0. The van der Waals surface area contributed by atoms with Crippen LogP contribution in [0.1, 0.15) is 5.56 Å². The standard InChI is InChI=1S/C16H12ClF3N4O2S2/c1-24-9-21-22-15(24)27-11-4-2-10(3-5-11)23-28(25,26)12-6-7-14(17)13(8-12)16(18,19)20/h2-9,23H,1H3. The summed E-state index contributed by atoms with van der Waals surface area (Å²) in [5.74, 6) is 0. The van der Waals surface area contributed by atoms with Crippen LogP contribution in [0, 0.1) is 0 Å². The van der Waals surface area contributed by atoms with Gasteiger partial charge in [0.25, 0.3) is 10.0 Å². The highest BCUT2D eigenvalue weighted by atomic mass is 35.5. The summed E-state index contributed by atoms with van der Waals surface area (Å²) in [6, 6.07) is 8.72. The van der Waals surface area contributed by atoms with Gasteiger partial charge >= 0.3 is 6.18 Å². The van der Waals surface area contributed by atoms with Crippen molar-refractivity contribution < 1.29 is 21.6 Å². The molecule has 3 aromatic rings. The Hall–Kier alpha value is -2.24. The smallest absolute Gasteiger partial charge is 0.311 e. The van der Waals surface area contributed by atoms with Gasteiger partial charge in [0, 0.05) is 17.6 Å². The lowest BCUT2D eigenvalue weighted by atomic mass is 10.2. The lowest BCUT2D eigenvalue weighted by Gasteiger charge is -2.12. The molecule has 0 aliphatic heterocycles. The number of aryl methyl sites for hydroxylation is 1. The fourth-order valence-electron chi connectivity index (χ4n) is 2.16. The number of sulfonamides is 1. The van der Waals surface area contributed by atoms with Gasteiger partial charge in [-0.05, 0) is 54.2 Å². The molecule has 0 saturated carbocycles. The molecule has 6 nitrogen and oxygen atoms in total. The third-order valence-corrected chi connectivity index (χ3v) is 6.31. The normalized spacial score (nSPS) is 12.2. The van der Waals surface area contributed by atoms with Crippen LogP contribution < -0.4 is 4.72 Å². The highest BCUT2D eigenvalue weighted by molar-refractivity contribution is 7.99. The van der Waals surface area contributed by atoms with Crippen molar-refractivity contribution in [1.29, 1.82) is 0 Å². The summed E-state index contributed by atoms with van der Waals surface area (Å²) in [7, 11) is -2.44. The van der Waals surface area contributed by atoms with Crippen molar-refractivity contribution in [3.63, 3.8) is 0 Å². The first kappa shape index (κ1) is 20.5. The van der Waals surface area contributed by atoms with E-state index in [2.05, 4.69) is 14.9 Å². The topological polar surface area (TPSA) is 76.9 Å². The SMILES string of the molecule is Cn1cnnc1Sc1ccc(NS(=O)(=O)c2ccc(Cl)c(C(F)(F)F)c2)cc1. The molecule has 28 heavy (non-hydrogen) atoms. The Kier molecular flexibility index (Phi) is 5.60. The van der Waals surface area contributed by atoms with Gasteiger partial charge in [-0.3, -0.25) is 4.72 Å². The monoisotopic (exact) mass is 448 g/mol. The van der Waals surface area contributed by atoms with Crippen LogP contribution in [0.25, 0.3) is 0 Å². The first-order valence-corrected chi connectivity index (χ1v) is 10.3. The molecule has 1 heterocycles. The summed E-state index contributed by atoms with van der Waals surface area (Å²) < 4.78 is 67.7. The zero-order valence-corrected chi connectivity index (χ0v) is 16.5. The van der Waals surface area contributed by atoms with E-state index in [0.29, 0.717) is 11.2 Å². The maximum atomic E-state index is 13.0. The zero-order valence-electron chi connectivity index (χ0n) is 14.1. The summed E-state index contributed by atoms with van der Waals surface area (Å²) >= 11 is 6.85. The number of hydrogen-bond acceptors (Lipinski definition) is 5. The van der Waals surface area contributed by atoms with Crippen LogP contribution >= 0.6 is 23.4 Å². The van der Waals surface area contributed by atoms with Gasteiger partial charge in [-0.25, -0.2) is 8.42 Å². The van der Waals surface area contributed by atoms with E-state index in [0.717, 1.165) is 17.0 Å². The van der Waals surface area contributed by atoms with Gasteiger partial charge in [-0.1, -0.05) is 11.6 Å². The number of anilines is 1. The molecule has 0 aliphatic rings. The van der Waals surface area contributed by atoms with E-state index in [1.807, 2.05) is 0 Å². The van der Waals surface area contributed by atoms with Gasteiger partial charge in [0.2, 0.25) is 0 Å². The fourth-order valence-corrected chi connectivity index (χ4v) is 4.24. The van der Waals surface area contributed by atoms with E-state index in [1.165, 1.54) is 23.9 Å². The van der Waals surface area contributed by atoms with Crippen LogP contribution in [-0.4, -0.2) is 23.2 Å². The second kappa shape index (κ2) is 7.64. The molecule has 0 aliphatic carbocycles. The lowest BCUT2D eigenvalue weighted by molar-refractivity contribution is -0.137. The fraction of sp³-hybridized carbons (Fsp3) is 0.125. The molecule has 0 saturated heterocycles. The van der Waals surface area contributed by atoms with E-state index in [-0.39, 0.29) is 5.69 Å². The number of benzene rings is 2. The largest absolute Gasteiger partial charge is 0.417 e. The van der Waals surface area contributed by atoms with Crippen molar-refractivity contribution in [3.8, 4) is 0 Å². The molecule has 0 unspecified atom stereocenters. The molecular formula is C16H12ClF3N4O2S2. The van der Waals surface area contributed by atoms with Crippen molar-refractivity contribution in [3.05, 3.63) is 59.4 Å². The molecule has 2 aromatic carbocycles. The summed E-state index contributed by atoms with van der Waals surface area (Å²) in [6.07, 6.45) is -3.21. The van der Waals surface area contributed by atoms with Crippen molar-refractivity contribution >= 4 is 39.1 Å². The molecule has 0 amide bonds. The van der Waals surface area contributed by atoms with Gasteiger partial charge in [-0.15, -0.1) is 10.2 Å². The maximum Gasteiger partial charge on any atom is 0.417 e. The lowest BCUT2D eigenvalue weighted by Crippen LogP contribution is -2.15. The molecule has 0 radical (unpaired) electrons. The summed E-state index contributed by atoms with van der Waals surface area (Å²) in [5.41, 5.74) is -1.02. The number of rotatable bonds is 5. The van der Waals surface area contributed by atoms with Crippen molar-refractivity contribution in [1.82, 2.24) is 14.8 Å². The number of nitrogens with zero attached hydrogens (tertiary/aromatic N) is 3. The quantitative estimate of drug-likeness (QED) is 0.624. The highest BCUT2D eigenvalue weighted by Gasteiger charge is 2.34. The highest BCUT2D eigenvalue weighted by Crippen LogP contribution is 2.36. The van der Waals surface area contributed by atoms with E-state index in [4.69, 9.17) is 11.6 Å². The average Bonchev–Trinajstić information content (AvgIpc) is 3.00. The third-order valence-electron chi connectivity index (χ3n) is 3.54. The summed E-state index contributed by atoms with van der Waals surface area (Å²) in [4.78, 5) is 0.242. The molecule has 0 spiro atoms. The van der Waals surface area contributed by atoms with Crippen LogP contribution in [0.4, 0.5) is 18.9 Å². The van der Waals surface area contributed by atoms with Crippen molar-refractivity contribution in [2.75, 3.05) is 4.72 Å². The number of alkyl halides is 3. The Labute approximate surface area is 167 Å². The van der Waals surface area contributed by atoms with Gasteiger partial charge < -0.3 is 4.57 Å². The van der Waals surface area contributed by atoms with Crippen LogP contribution in [-0.2, 0) is 23.2 Å². The molecule has 0 atom stereocenters. The van der Waals surface area contributed by atoms with Crippen LogP contribution in [0.5, 0.6) is 0 Å². The van der Waals surface area contributed by atoms with Gasteiger partial charge in [0.1, 0.15) is 6.33 Å². The summed E-state index contributed by atoms with van der Waals surface area (Å²) in [5, 5.41) is 7.76. The minimum absolute atomic E-state index is 0.200. The average molecular weight is 449 g/mol. The second-order valence-corrected chi connectivity index (χ2v) is 8.73. The van der Waals surface area contributed by atoms with E-state index in [9.17, 15) is 21.6 Å². The van der Waals surface area contributed by atoms with Gasteiger partial charge in [0.05, 0.1) is 15.5 Å². The Bertz CT molecular complexity index is 1100. The first-order valence-electron chi connectivity index (χ1n) is 7.58. The van der Waals surface area contributed by atoms with E-state index < -0.39 is 31.7 Å². The molecular weight excluding hydrogens is 437 g/mol. The van der Waals surface area contributed by atoms with Crippen LogP contribution in [0.15, 0.2) is 63.7 Å². The molecule has 1 aromatic heterocycles. The van der Waals surface area contributed by atoms with Crippen molar-refractivity contribution in [2.24, 2.45) is 7.05 Å². The molecule has 1 N–H and O–H groups in total. The summed E-state index contributed by atoms with van der Waals surface area (Å²) in [6.45, 7) is 0. The molecule has 0 fully saturated rings. The minimum Gasteiger partial charge on any atom is -0.311 e. The number of hydrogen-bond donors (Lipinski definition) is 1. The predicted octanol–water partition coefficient (Wildman–Crippen LogP) is 4.44. The molecule has 12 heteroatoms. The second-order valence-electron chi connectivity index (χ2n) is 5.60. The predicted molar refractivity (Wildman–Crippen MR) is 98.8 cm³/mol. The Balaban J connectivity index is 1.80. The third kappa shape index (κ3) is 4.59. The van der Waals surface area contributed by atoms with Gasteiger partial charge in [-0.2, -0.15) is 13.2 Å². The molecule has 0 bridgehead atoms. The zero-order chi connectivity index (χ0) is 20.5. The first-order chi connectivity index (χ1) is 13.1. The minimum atomic E-state index is -4.76. The number of halogens is 4. The van der Waals surface area contributed by atoms with Crippen molar-refractivity contribution in [2.45, 2.75) is 21.1 Å². The Morgan fingerprint density at radius 2 is 1.82 bits per heavy atom.